The number of nitrogens with zero attached hydrogens (tertiary/aromatic N) is 2. The summed E-state index contributed by atoms with van der Waals surface area (Å²) in [5.74, 6) is 0.103. The van der Waals surface area contributed by atoms with Crippen LogP contribution in [-0.4, -0.2) is 19.3 Å². The molecule has 0 saturated heterocycles. The van der Waals surface area contributed by atoms with Crippen LogP contribution in [0.25, 0.3) is 0 Å². The van der Waals surface area contributed by atoms with E-state index in [1.54, 1.807) is 0 Å². The van der Waals surface area contributed by atoms with Gasteiger partial charge in [-0.1, -0.05) is 13.8 Å². The Morgan fingerprint density at radius 3 is 2.17 bits per heavy atom. The van der Waals surface area contributed by atoms with E-state index in [0.717, 1.165) is 17.0 Å². The normalized spacial score (nSPS) is 12.3. The van der Waals surface area contributed by atoms with Crippen molar-refractivity contribution >= 4 is 5.69 Å². The minimum absolute atomic E-state index is 0.0274. The lowest BCUT2D eigenvalue weighted by atomic mass is 10.1. The Hall–Kier alpha value is -1.91. The van der Waals surface area contributed by atoms with E-state index in [1.165, 1.54) is 6.07 Å². The minimum Gasteiger partial charge on any atom is -0.363 e. The average Bonchev–Trinajstić information content (AvgIpc) is 2.40. The first-order valence-electron chi connectivity index (χ1n) is 6.87. The Kier molecular flexibility index (Phi) is 5.92. The summed E-state index contributed by atoms with van der Waals surface area (Å²) in [4.78, 5) is 0.858. The van der Waals surface area contributed by atoms with Crippen LogP contribution in [0.15, 0.2) is 18.2 Å². The SMILES string of the molecule is CC(C)CCN(CC(F)(F)F)c1ccc(C#N)c(C(F)(F)F)c1. The van der Waals surface area contributed by atoms with Crippen molar-refractivity contribution in [1.82, 2.24) is 0 Å². The van der Waals surface area contributed by atoms with Crippen LogP contribution in [0.3, 0.4) is 0 Å². The summed E-state index contributed by atoms with van der Waals surface area (Å²) in [6.45, 7) is 2.25. The van der Waals surface area contributed by atoms with E-state index >= 15 is 0 Å². The van der Waals surface area contributed by atoms with Crippen LogP contribution < -0.4 is 4.90 Å². The van der Waals surface area contributed by atoms with Crippen LogP contribution in [0.1, 0.15) is 31.4 Å². The molecule has 128 valence electrons. The summed E-state index contributed by atoms with van der Waals surface area (Å²) in [7, 11) is 0. The molecule has 0 amide bonds. The van der Waals surface area contributed by atoms with E-state index in [4.69, 9.17) is 5.26 Å². The van der Waals surface area contributed by atoms with Gasteiger partial charge in [-0.25, -0.2) is 0 Å². The fourth-order valence-electron chi connectivity index (χ4n) is 1.99. The van der Waals surface area contributed by atoms with Gasteiger partial charge in [0.25, 0.3) is 0 Å². The van der Waals surface area contributed by atoms with Gasteiger partial charge in [0, 0.05) is 12.2 Å². The Labute approximate surface area is 130 Å². The Morgan fingerprint density at radius 1 is 1.13 bits per heavy atom. The molecule has 1 rings (SSSR count). The van der Waals surface area contributed by atoms with E-state index in [-0.39, 0.29) is 18.2 Å². The number of alkyl halides is 6. The lowest BCUT2D eigenvalue weighted by Crippen LogP contribution is -2.35. The van der Waals surface area contributed by atoms with Crippen molar-refractivity contribution in [2.75, 3.05) is 18.0 Å². The highest BCUT2D eigenvalue weighted by Gasteiger charge is 2.35. The number of hydrogen-bond acceptors (Lipinski definition) is 2. The van der Waals surface area contributed by atoms with Crippen LogP contribution in [0.4, 0.5) is 32.0 Å². The van der Waals surface area contributed by atoms with E-state index in [2.05, 4.69) is 0 Å². The predicted molar refractivity (Wildman–Crippen MR) is 73.9 cm³/mol. The molecule has 0 N–H and O–H groups in total. The second-order valence-corrected chi connectivity index (χ2v) is 5.56. The van der Waals surface area contributed by atoms with Crippen LogP contribution in [-0.2, 0) is 6.18 Å². The smallest absolute Gasteiger partial charge is 0.363 e. The van der Waals surface area contributed by atoms with E-state index < -0.39 is 30.0 Å². The van der Waals surface area contributed by atoms with Crippen molar-refractivity contribution in [3.8, 4) is 6.07 Å². The first kappa shape index (κ1) is 19.1. The molecule has 0 aromatic heterocycles. The lowest BCUT2D eigenvalue weighted by molar-refractivity contribution is -0.137. The van der Waals surface area contributed by atoms with Crippen molar-refractivity contribution in [2.24, 2.45) is 5.92 Å². The monoisotopic (exact) mass is 338 g/mol. The Bertz CT molecular complexity index is 569. The third kappa shape index (κ3) is 6.00. The Balaban J connectivity index is 3.22. The van der Waals surface area contributed by atoms with Gasteiger partial charge < -0.3 is 4.90 Å². The summed E-state index contributed by atoms with van der Waals surface area (Å²) in [6.07, 6.45) is -8.94. The highest BCUT2D eigenvalue weighted by molar-refractivity contribution is 5.55. The zero-order valence-corrected chi connectivity index (χ0v) is 12.6. The summed E-state index contributed by atoms with van der Waals surface area (Å²) in [5.41, 5.74) is -2.04. The van der Waals surface area contributed by atoms with E-state index in [9.17, 15) is 26.3 Å². The Morgan fingerprint density at radius 2 is 1.74 bits per heavy atom. The van der Waals surface area contributed by atoms with Crippen LogP contribution in [0.5, 0.6) is 0 Å². The molecule has 0 heterocycles. The molecule has 23 heavy (non-hydrogen) atoms. The van der Waals surface area contributed by atoms with Crippen LogP contribution in [0.2, 0.25) is 0 Å². The first-order valence-corrected chi connectivity index (χ1v) is 6.87. The molecule has 0 atom stereocenters. The topological polar surface area (TPSA) is 27.0 Å². The van der Waals surface area contributed by atoms with E-state index in [0.29, 0.717) is 12.5 Å². The van der Waals surface area contributed by atoms with Gasteiger partial charge in [-0.05, 0) is 30.5 Å². The second-order valence-electron chi connectivity index (χ2n) is 5.56. The molecule has 2 nitrogen and oxygen atoms in total. The van der Waals surface area contributed by atoms with Crippen molar-refractivity contribution in [3.63, 3.8) is 0 Å². The maximum Gasteiger partial charge on any atom is 0.417 e. The standard InChI is InChI=1S/C15H16F6N2/c1-10(2)5-6-23(9-14(16,17)18)12-4-3-11(8-22)13(7-12)15(19,20)21/h3-4,7,10H,5-6,9H2,1-2H3. The van der Waals surface area contributed by atoms with Gasteiger partial charge >= 0.3 is 12.4 Å². The molecular formula is C15H16F6N2. The molecule has 0 aliphatic rings. The average molecular weight is 338 g/mol. The number of nitriles is 1. The summed E-state index contributed by atoms with van der Waals surface area (Å²) in [6, 6.07) is 4.02. The summed E-state index contributed by atoms with van der Waals surface area (Å²) in [5, 5.41) is 8.73. The lowest BCUT2D eigenvalue weighted by Gasteiger charge is -2.27. The van der Waals surface area contributed by atoms with Crippen molar-refractivity contribution in [1.29, 1.82) is 5.26 Å². The quantitative estimate of drug-likeness (QED) is 0.707. The van der Waals surface area contributed by atoms with Gasteiger partial charge in [0.2, 0.25) is 0 Å². The van der Waals surface area contributed by atoms with E-state index in [1.807, 2.05) is 13.8 Å². The molecule has 8 heteroatoms. The van der Waals surface area contributed by atoms with Gasteiger partial charge in [-0.15, -0.1) is 0 Å². The van der Waals surface area contributed by atoms with Crippen molar-refractivity contribution < 1.29 is 26.3 Å². The summed E-state index contributed by atoms with van der Waals surface area (Å²) < 4.78 is 76.9. The number of benzene rings is 1. The predicted octanol–water partition coefficient (Wildman–Crippen LogP) is 4.99. The highest BCUT2D eigenvalue weighted by Crippen LogP contribution is 2.35. The largest absolute Gasteiger partial charge is 0.417 e. The highest BCUT2D eigenvalue weighted by atomic mass is 19.4. The molecule has 0 aliphatic carbocycles. The summed E-state index contributed by atoms with van der Waals surface area (Å²) >= 11 is 0. The maximum absolute atomic E-state index is 12.9. The number of anilines is 1. The molecule has 0 spiro atoms. The molecule has 1 aromatic carbocycles. The molecular weight excluding hydrogens is 322 g/mol. The van der Waals surface area contributed by atoms with Crippen molar-refractivity contribution in [3.05, 3.63) is 29.3 Å². The molecule has 1 aromatic rings. The zero-order valence-electron chi connectivity index (χ0n) is 12.6. The molecule has 0 unspecified atom stereocenters. The fraction of sp³-hybridized carbons (Fsp3) is 0.533. The second kappa shape index (κ2) is 7.11. The molecule has 0 aliphatic heterocycles. The van der Waals surface area contributed by atoms with Gasteiger partial charge in [0.15, 0.2) is 0 Å². The maximum atomic E-state index is 12.9. The van der Waals surface area contributed by atoms with Gasteiger partial charge in [-0.3, -0.25) is 0 Å². The fourth-order valence-corrected chi connectivity index (χ4v) is 1.99. The van der Waals surface area contributed by atoms with Gasteiger partial charge in [-0.2, -0.15) is 31.6 Å². The minimum atomic E-state index is -4.80. The molecule has 0 radical (unpaired) electrons. The zero-order chi connectivity index (χ0) is 17.8. The van der Waals surface area contributed by atoms with Crippen LogP contribution in [0, 0.1) is 17.2 Å². The third-order valence-corrected chi connectivity index (χ3v) is 3.14. The molecule has 0 bridgehead atoms. The van der Waals surface area contributed by atoms with Crippen molar-refractivity contribution in [2.45, 2.75) is 32.6 Å². The van der Waals surface area contributed by atoms with Gasteiger partial charge in [0.1, 0.15) is 6.54 Å². The van der Waals surface area contributed by atoms with Gasteiger partial charge in [0.05, 0.1) is 17.2 Å². The number of halogens is 6. The van der Waals surface area contributed by atoms with Crippen LogP contribution >= 0.6 is 0 Å². The molecule has 0 saturated carbocycles. The molecule has 0 fully saturated rings. The number of rotatable bonds is 5. The third-order valence-electron chi connectivity index (χ3n) is 3.14. The number of hydrogen-bond donors (Lipinski definition) is 0. The first-order chi connectivity index (χ1) is 10.4.